The zero-order valence-corrected chi connectivity index (χ0v) is 19.9. The van der Waals surface area contributed by atoms with Gasteiger partial charge in [0.1, 0.15) is 11.3 Å². The summed E-state index contributed by atoms with van der Waals surface area (Å²) < 4.78 is 11.3. The first kappa shape index (κ1) is 22.2. The van der Waals surface area contributed by atoms with Gasteiger partial charge < -0.3 is 14.1 Å². The molecule has 1 aliphatic heterocycles. The first-order chi connectivity index (χ1) is 16.4. The predicted octanol–water partition coefficient (Wildman–Crippen LogP) is 6.32. The van der Waals surface area contributed by atoms with Gasteiger partial charge in [-0.05, 0) is 52.9 Å². The molecule has 5 rings (SSSR count). The van der Waals surface area contributed by atoms with Crippen LogP contribution in [0.1, 0.15) is 58.6 Å². The molecule has 172 valence electrons. The van der Waals surface area contributed by atoms with E-state index in [4.69, 9.17) is 20.8 Å². The van der Waals surface area contributed by atoms with E-state index in [1.807, 2.05) is 48.5 Å². The Morgan fingerprint density at radius 1 is 1.00 bits per heavy atom. The quantitative estimate of drug-likeness (QED) is 0.340. The van der Waals surface area contributed by atoms with E-state index < -0.39 is 6.04 Å². The molecule has 0 unspecified atom stereocenters. The van der Waals surface area contributed by atoms with Crippen LogP contribution in [0, 0.1) is 0 Å². The molecule has 0 saturated carbocycles. The van der Waals surface area contributed by atoms with Gasteiger partial charge in [-0.1, -0.05) is 61.8 Å². The standard InChI is InChI=1S/C28H24ClNO4/c1-16(2)18-6-8-19(9-7-18)25-24-26(31)22-14-20(29)10-13-23(22)34-27(24)28(32)30(25)15-17-4-11-21(33-3)12-5-17/h4-14,16,25H,15H2,1-3H3/t25-/m0/s1. The number of hydrogen-bond donors (Lipinski definition) is 0. The van der Waals surface area contributed by atoms with Gasteiger partial charge in [0.2, 0.25) is 5.76 Å². The fraction of sp³-hybridized carbons (Fsp3) is 0.214. The summed E-state index contributed by atoms with van der Waals surface area (Å²) in [5.41, 5.74) is 3.44. The Morgan fingerprint density at radius 2 is 1.71 bits per heavy atom. The van der Waals surface area contributed by atoms with Gasteiger partial charge in [0.25, 0.3) is 5.91 Å². The van der Waals surface area contributed by atoms with Gasteiger partial charge >= 0.3 is 0 Å². The summed E-state index contributed by atoms with van der Waals surface area (Å²) in [7, 11) is 1.61. The molecule has 0 radical (unpaired) electrons. The number of hydrogen-bond acceptors (Lipinski definition) is 4. The van der Waals surface area contributed by atoms with Gasteiger partial charge in [0, 0.05) is 11.6 Å². The van der Waals surface area contributed by atoms with Crippen LogP contribution in [0.15, 0.2) is 75.9 Å². The van der Waals surface area contributed by atoms with Crippen molar-refractivity contribution in [2.24, 2.45) is 0 Å². The van der Waals surface area contributed by atoms with Gasteiger partial charge in [0.15, 0.2) is 5.43 Å². The summed E-state index contributed by atoms with van der Waals surface area (Å²) in [6.45, 7) is 4.58. The van der Waals surface area contributed by atoms with E-state index in [-0.39, 0.29) is 17.1 Å². The molecule has 3 aromatic carbocycles. The summed E-state index contributed by atoms with van der Waals surface area (Å²) in [6.07, 6.45) is 0. The Morgan fingerprint density at radius 3 is 2.35 bits per heavy atom. The molecular formula is C28H24ClNO4. The van der Waals surface area contributed by atoms with E-state index >= 15 is 0 Å². The number of carbonyl (C=O) groups is 1. The van der Waals surface area contributed by atoms with Crippen LogP contribution >= 0.6 is 11.6 Å². The molecule has 0 aliphatic carbocycles. The monoisotopic (exact) mass is 473 g/mol. The number of rotatable bonds is 5. The molecule has 0 fully saturated rings. The lowest BCUT2D eigenvalue weighted by Gasteiger charge is -2.25. The van der Waals surface area contributed by atoms with Crippen molar-refractivity contribution in [1.82, 2.24) is 4.90 Å². The van der Waals surface area contributed by atoms with Crippen molar-refractivity contribution in [3.8, 4) is 5.75 Å². The van der Waals surface area contributed by atoms with Crippen molar-refractivity contribution < 1.29 is 13.9 Å². The van der Waals surface area contributed by atoms with Gasteiger partial charge in [-0.2, -0.15) is 0 Å². The molecule has 0 N–H and O–H groups in total. The van der Waals surface area contributed by atoms with Crippen LogP contribution in [0.2, 0.25) is 5.02 Å². The minimum atomic E-state index is -0.564. The fourth-order valence-electron chi connectivity index (χ4n) is 4.49. The van der Waals surface area contributed by atoms with Crippen molar-refractivity contribution in [2.75, 3.05) is 7.11 Å². The van der Waals surface area contributed by atoms with Crippen LogP contribution in [0.4, 0.5) is 0 Å². The van der Waals surface area contributed by atoms with Crippen molar-refractivity contribution in [2.45, 2.75) is 32.4 Å². The zero-order valence-electron chi connectivity index (χ0n) is 19.2. The summed E-state index contributed by atoms with van der Waals surface area (Å²) >= 11 is 6.16. The predicted molar refractivity (Wildman–Crippen MR) is 133 cm³/mol. The highest BCUT2D eigenvalue weighted by Crippen LogP contribution is 2.39. The minimum Gasteiger partial charge on any atom is -0.497 e. The topological polar surface area (TPSA) is 59.8 Å². The van der Waals surface area contributed by atoms with Crippen LogP contribution in [0.3, 0.4) is 0 Å². The maximum atomic E-state index is 13.6. The normalized spacial score (nSPS) is 15.3. The van der Waals surface area contributed by atoms with Crippen LogP contribution in [-0.4, -0.2) is 17.9 Å². The molecular weight excluding hydrogens is 450 g/mol. The number of benzene rings is 3. The van der Waals surface area contributed by atoms with Crippen molar-refractivity contribution >= 4 is 28.5 Å². The summed E-state index contributed by atoms with van der Waals surface area (Å²) in [5, 5.41) is 0.811. The minimum absolute atomic E-state index is 0.0891. The molecule has 4 aromatic rings. The lowest BCUT2D eigenvalue weighted by atomic mass is 9.95. The van der Waals surface area contributed by atoms with E-state index in [2.05, 4.69) is 13.8 Å². The van der Waals surface area contributed by atoms with E-state index in [0.717, 1.165) is 16.9 Å². The molecule has 0 spiro atoms. The van der Waals surface area contributed by atoms with Crippen molar-refractivity contribution in [3.63, 3.8) is 0 Å². The summed E-state index contributed by atoms with van der Waals surface area (Å²) in [5.74, 6) is 0.891. The third-order valence-electron chi connectivity index (χ3n) is 6.36. The molecule has 2 heterocycles. The van der Waals surface area contributed by atoms with E-state index in [0.29, 0.717) is 34.0 Å². The van der Waals surface area contributed by atoms with Crippen molar-refractivity contribution in [1.29, 1.82) is 0 Å². The molecule has 1 atom stereocenters. The Balaban J connectivity index is 1.67. The SMILES string of the molecule is COc1ccc(CN2C(=O)c3oc4ccc(Cl)cc4c(=O)c3[C@@H]2c2ccc(C(C)C)cc2)cc1. The first-order valence-corrected chi connectivity index (χ1v) is 11.5. The molecule has 34 heavy (non-hydrogen) atoms. The summed E-state index contributed by atoms with van der Waals surface area (Å²) in [4.78, 5) is 28.9. The number of nitrogens with zero attached hydrogens (tertiary/aromatic N) is 1. The molecule has 6 heteroatoms. The first-order valence-electron chi connectivity index (χ1n) is 11.2. The van der Waals surface area contributed by atoms with Crippen molar-refractivity contribution in [3.05, 3.63) is 110 Å². The second kappa shape index (κ2) is 8.65. The third-order valence-corrected chi connectivity index (χ3v) is 6.59. The molecule has 0 bridgehead atoms. The Hall–Kier alpha value is -3.57. The smallest absolute Gasteiger partial charge is 0.291 e. The van der Waals surface area contributed by atoms with Crippen LogP contribution in [0.25, 0.3) is 11.0 Å². The summed E-state index contributed by atoms with van der Waals surface area (Å²) in [6, 6.07) is 19.9. The number of carbonyl (C=O) groups excluding carboxylic acids is 1. The maximum Gasteiger partial charge on any atom is 0.291 e. The van der Waals surface area contributed by atoms with Gasteiger partial charge in [-0.3, -0.25) is 9.59 Å². The fourth-order valence-corrected chi connectivity index (χ4v) is 4.67. The zero-order chi connectivity index (χ0) is 24.0. The van der Waals surface area contributed by atoms with Crippen LogP contribution in [0.5, 0.6) is 5.75 Å². The average Bonchev–Trinajstić information content (AvgIpc) is 3.12. The highest BCUT2D eigenvalue weighted by molar-refractivity contribution is 6.31. The average molecular weight is 474 g/mol. The molecule has 1 amide bonds. The second-order valence-electron chi connectivity index (χ2n) is 8.82. The van der Waals surface area contributed by atoms with Crippen LogP contribution < -0.4 is 10.2 Å². The van der Waals surface area contributed by atoms with Gasteiger partial charge in [0.05, 0.1) is 24.1 Å². The van der Waals surface area contributed by atoms with E-state index in [1.165, 1.54) is 5.56 Å². The van der Waals surface area contributed by atoms with E-state index in [1.54, 1.807) is 30.2 Å². The number of methoxy groups -OCH3 is 1. The number of fused-ring (bicyclic) bond motifs is 2. The molecule has 5 nitrogen and oxygen atoms in total. The van der Waals surface area contributed by atoms with Crippen LogP contribution in [-0.2, 0) is 6.54 Å². The lowest BCUT2D eigenvalue weighted by molar-refractivity contribution is 0.0714. The molecule has 1 aromatic heterocycles. The number of halogens is 1. The lowest BCUT2D eigenvalue weighted by Crippen LogP contribution is -2.29. The second-order valence-corrected chi connectivity index (χ2v) is 9.26. The third kappa shape index (κ3) is 3.76. The number of ether oxygens (including phenoxy) is 1. The molecule has 1 aliphatic rings. The Bertz CT molecular complexity index is 1440. The Kier molecular flexibility index (Phi) is 5.66. The van der Waals surface area contributed by atoms with Gasteiger partial charge in [-0.25, -0.2) is 0 Å². The maximum absolute atomic E-state index is 13.6. The highest BCUT2D eigenvalue weighted by Gasteiger charge is 2.42. The molecule has 0 saturated heterocycles. The highest BCUT2D eigenvalue weighted by atomic mass is 35.5. The van der Waals surface area contributed by atoms with Gasteiger partial charge in [-0.15, -0.1) is 0 Å². The van der Waals surface area contributed by atoms with E-state index in [9.17, 15) is 9.59 Å². The Labute approximate surface area is 202 Å². The largest absolute Gasteiger partial charge is 0.497 e. The number of amides is 1.